The van der Waals surface area contributed by atoms with Gasteiger partial charge < -0.3 is 20.4 Å². The molecule has 3 heterocycles. The summed E-state index contributed by atoms with van der Waals surface area (Å²) < 4.78 is 5.98. The van der Waals surface area contributed by atoms with E-state index in [1.54, 1.807) is 0 Å². The van der Waals surface area contributed by atoms with Crippen molar-refractivity contribution in [2.45, 2.75) is 31.7 Å². The van der Waals surface area contributed by atoms with E-state index in [-0.39, 0.29) is 11.3 Å². The van der Waals surface area contributed by atoms with Crippen molar-refractivity contribution in [2.75, 3.05) is 19.7 Å². The number of piperidine rings is 1. The minimum absolute atomic E-state index is 0.00803. The molecule has 0 aliphatic carbocycles. The first-order valence-corrected chi connectivity index (χ1v) is 9.93. The lowest BCUT2D eigenvalue weighted by atomic mass is 9.74. The van der Waals surface area contributed by atoms with Crippen molar-refractivity contribution in [3.05, 3.63) is 64.8 Å². The molecule has 28 heavy (non-hydrogen) atoms. The van der Waals surface area contributed by atoms with E-state index < -0.39 is 0 Å². The predicted octanol–water partition coefficient (Wildman–Crippen LogP) is 3.50. The third-order valence-corrected chi connectivity index (χ3v) is 6.52. The molecule has 5 rings (SSSR count). The largest absolute Gasteiger partial charge is 0.492 e. The van der Waals surface area contributed by atoms with Crippen molar-refractivity contribution in [2.24, 2.45) is 5.73 Å². The summed E-state index contributed by atoms with van der Waals surface area (Å²) in [6.45, 7) is 4.78. The van der Waals surface area contributed by atoms with E-state index in [1.165, 1.54) is 5.56 Å². The van der Waals surface area contributed by atoms with Crippen LogP contribution in [0.5, 0.6) is 5.75 Å². The summed E-state index contributed by atoms with van der Waals surface area (Å²) in [5, 5.41) is 1.01. The zero-order valence-electron chi connectivity index (χ0n) is 16.1. The van der Waals surface area contributed by atoms with Crippen molar-refractivity contribution in [1.82, 2.24) is 9.88 Å². The smallest absolute Gasteiger partial charge is 0.256 e. The topological polar surface area (TPSA) is 71.3 Å². The van der Waals surface area contributed by atoms with Crippen LogP contribution in [0.15, 0.2) is 42.6 Å². The second kappa shape index (κ2) is 6.38. The number of aromatic amines is 1. The number of rotatable bonds is 2. The number of ether oxygens (including phenoxy) is 1. The molecule has 2 aliphatic rings. The molecule has 1 amide bonds. The number of nitrogens with zero attached hydrogens (tertiary/aromatic N) is 1. The van der Waals surface area contributed by atoms with E-state index in [9.17, 15) is 4.79 Å². The lowest BCUT2D eigenvalue weighted by Gasteiger charge is -2.38. The van der Waals surface area contributed by atoms with Crippen molar-refractivity contribution in [3.63, 3.8) is 0 Å². The van der Waals surface area contributed by atoms with Gasteiger partial charge >= 0.3 is 0 Å². The highest BCUT2D eigenvalue weighted by Gasteiger charge is 2.44. The number of H-pyrrole nitrogens is 1. The molecule has 1 aromatic heterocycles. The fraction of sp³-hybridized carbons (Fsp3) is 0.348. The Balaban J connectivity index is 1.38. The second-order valence-corrected chi connectivity index (χ2v) is 8.10. The first-order chi connectivity index (χ1) is 13.6. The number of carbonyl (C=O) groups is 1. The lowest BCUT2D eigenvalue weighted by Crippen LogP contribution is -2.46. The van der Waals surface area contributed by atoms with Gasteiger partial charge in [-0.05, 0) is 37.0 Å². The number of nitrogens with two attached hydrogens (primary N) is 1. The summed E-state index contributed by atoms with van der Waals surface area (Å²) in [5.41, 5.74) is 11.2. The maximum absolute atomic E-state index is 13.2. The minimum atomic E-state index is 0.00803. The minimum Gasteiger partial charge on any atom is -0.492 e. The first kappa shape index (κ1) is 17.3. The summed E-state index contributed by atoms with van der Waals surface area (Å²) in [6, 6.07) is 12.4. The average Bonchev–Trinajstić information content (AvgIpc) is 3.31. The predicted molar refractivity (Wildman–Crippen MR) is 110 cm³/mol. The van der Waals surface area contributed by atoms with Gasteiger partial charge in [0.05, 0.1) is 12.2 Å². The molecule has 0 atom stereocenters. The maximum atomic E-state index is 13.2. The standard InChI is InChI=1S/C23H25N3O2/c1-15-3-2-4-17-18(13-25-21(15)17)22(27)26-9-7-23(8-10-26)14-28-20-6-5-16(12-24)11-19(20)23/h2-6,11,13,25H,7-10,12,14,24H2,1H3. The van der Waals surface area contributed by atoms with Crippen molar-refractivity contribution in [1.29, 1.82) is 0 Å². The normalized spacial score (nSPS) is 17.7. The number of aryl methyl sites for hydroxylation is 1. The van der Waals surface area contributed by atoms with Crippen LogP contribution in [0.4, 0.5) is 0 Å². The van der Waals surface area contributed by atoms with Crippen LogP contribution in [0.3, 0.4) is 0 Å². The van der Waals surface area contributed by atoms with Gasteiger partial charge in [0.1, 0.15) is 5.75 Å². The number of carbonyl (C=O) groups excluding carboxylic acids is 1. The number of hydrogen-bond donors (Lipinski definition) is 2. The quantitative estimate of drug-likeness (QED) is 0.720. The SMILES string of the molecule is Cc1cccc2c(C(=O)N3CCC4(CC3)COc3ccc(CN)cc34)c[nH]c12. The number of likely N-dealkylation sites (tertiary alicyclic amines) is 1. The molecule has 5 nitrogen and oxygen atoms in total. The van der Waals surface area contributed by atoms with Crippen LogP contribution < -0.4 is 10.5 Å². The lowest BCUT2D eigenvalue weighted by molar-refractivity contribution is 0.0648. The fourth-order valence-electron chi connectivity index (χ4n) is 4.74. The Bertz CT molecular complexity index is 1060. The van der Waals surface area contributed by atoms with Crippen molar-refractivity contribution < 1.29 is 9.53 Å². The van der Waals surface area contributed by atoms with Gasteiger partial charge in [-0.15, -0.1) is 0 Å². The molecule has 2 aliphatic heterocycles. The summed E-state index contributed by atoms with van der Waals surface area (Å²) in [5.74, 6) is 1.09. The Labute approximate surface area is 164 Å². The van der Waals surface area contributed by atoms with E-state index in [1.807, 2.05) is 35.4 Å². The zero-order chi connectivity index (χ0) is 19.3. The number of para-hydroxylation sites is 1. The van der Waals surface area contributed by atoms with E-state index in [2.05, 4.69) is 24.0 Å². The molecule has 5 heteroatoms. The van der Waals surface area contributed by atoms with Gasteiger partial charge in [0.2, 0.25) is 0 Å². The average molecular weight is 375 g/mol. The van der Waals surface area contributed by atoms with Gasteiger partial charge in [-0.1, -0.05) is 30.3 Å². The molecule has 1 fully saturated rings. The molecule has 0 bridgehead atoms. The van der Waals surface area contributed by atoms with Crippen molar-refractivity contribution in [3.8, 4) is 5.75 Å². The van der Waals surface area contributed by atoms with Crippen LogP contribution in [0.1, 0.15) is 39.9 Å². The van der Waals surface area contributed by atoms with E-state index in [0.717, 1.165) is 59.3 Å². The van der Waals surface area contributed by atoms with Gasteiger partial charge in [-0.2, -0.15) is 0 Å². The van der Waals surface area contributed by atoms with Crippen LogP contribution in [0.2, 0.25) is 0 Å². The summed E-state index contributed by atoms with van der Waals surface area (Å²) in [7, 11) is 0. The maximum Gasteiger partial charge on any atom is 0.256 e. The van der Waals surface area contributed by atoms with Gasteiger partial charge in [-0.25, -0.2) is 0 Å². The molecule has 1 saturated heterocycles. The van der Waals surface area contributed by atoms with Crippen LogP contribution in [0.25, 0.3) is 10.9 Å². The molecule has 1 spiro atoms. The summed E-state index contributed by atoms with van der Waals surface area (Å²) in [6.07, 6.45) is 3.69. The Morgan fingerprint density at radius 2 is 2.07 bits per heavy atom. The molecule has 0 unspecified atom stereocenters. The number of fused-ring (bicyclic) bond motifs is 3. The second-order valence-electron chi connectivity index (χ2n) is 8.10. The van der Waals surface area contributed by atoms with Crippen LogP contribution in [-0.4, -0.2) is 35.5 Å². The number of hydrogen-bond acceptors (Lipinski definition) is 3. The third-order valence-electron chi connectivity index (χ3n) is 6.52. The molecular formula is C23H25N3O2. The highest BCUT2D eigenvalue weighted by Crippen LogP contribution is 2.46. The van der Waals surface area contributed by atoms with Gasteiger partial charge in [0, 0.05) is 47.7 Å². The van der Waals surface area contributed by atoms with Crippen molar-refractivity contribution >= 4 is 16.8 Å². The molecule has 2 aromatic carbocycles. The highest BCUT2D eigenvalue weighted by atomic mass is 16.5. The van der Waals surface area contributed by atoms with E-state index >= 15 is 0 Å². The van der Waals surface area contributed by atoms with Crippen LogP contribution >= 0.6 is 0 Å². The van der Waals surface area contributed by atoms with Crippen LogP contribution in [-0.2, 0) is 12.0 Å². The molecule has 0 saturated carbocycles. The van der Waals surface area contributed by atoms with Gasteiger partial charge in [-0.3, -0.25) is 4.79 Å². The third kappa shape index (κ3) is 2.53. The van der Waals surface area contributed by atoms with Gasteiger partial charge in [0.25, 0.3) is 5.91 Å². The summed E-state index contributed by atoms with van der Waals surface area (Å²) >= 11 is 0. The monoisotopic (exact) mass is 375 g/mol. The zero-order valence-corrected chi connectivity index (χ0v) is 16.1. The number of aromatic nitrogens is 1. The Morgan fingerprint density at radius 1 is 1.25 bits per heavy atom. The molecule has 3 N–H and O–H groups in total. The highest BCUT2D eigenvalue weighted by molar-refractivity contribution is 6.07. The fourth-order valence-corrected chi connectivity index (χ4v) is 4.74. The van der Waals surface area contributed by atoms with E-state index in [4.69, 9.17) is 10.5 Å². The van der Waals surface area contributed by atoms with E-state index in [0.29, 0.717) is 13.2 Å². The van der Waals surface area contributed by atoms with Gasteiger partial charge in [0.15, 0.2) is 0 Å². The Morgan fingerprint density at radius 3 is 2.86 bits per heavy atom. The number of benzene rings is 2. The van der Waals surface area contributed by atoms with Crippen LogP contribution in [0, 0.1) is 6.92 Å². The first-order valence-electron chi connectivity index (χ1n) is 9.93. The molecule has 0 radical (unpaired) electrons. The molecule has 144 valence electrons. The molecule has 3 aromatic rings. The number of nitrogens with one attached hydrogen (secondary N) is 1. The number of amides is 1. The Hall–Kier alpha value is -2.79. The Kier molecular flexibility index (Phi) is 3.95. The molecular weight excluding hydrogens is 350 g/mol. The summed E-state index contributed by atoms with van der Waals surface area (Å²) in [4.78, 5) is 18.5.